The number of rotatable bonds is 5. The number of pyridine rings is 1. The molecule has 4 aromatic rings. The molecular weight excluding hydrogens is 397 g/mol. The maximum absolute atomic E-state index is 15.1. The summed E-state index contributed by atoms with van der Waals surface area (Å²) in [5, 5.41) is 10.3. The molecule has 2 aromatic heterocycles. The lowest BCUT2D eigenvalue weighted by molar-refractivity contribution is 0.283. The summed E-state index contributed by atoms with van der Waals surface area (Å²) in [6.45, 7) is 6.22. The third-order valence-electron chi connectivity index (χ3n) is 4.73. The van der Waals surface area contributed by atoms with Crippen LogP contribution in [0.25, 0.3) is 33.3 Å². The lowest BCUT2D eigenvalue weighted by atomic mass is 9.99. The Labute approximate surface area is 179 Å². The van der Waals surface area contributed by atoms with Gasteiger partial charge in [-0.2, -0.15) is 0 Å². The van der Waals surface area contributed by atoms with Crippen LogP contribution in [0.5, 0.6) is 0 Å². The first-order valence-electron chi connectivity index (χ1n) is 9.76. The molecule has 0 radical (unpaired) electrons. The second-order valence-corrected chi connectivity index (χ2v) is 9.09. The SMILES string of the molecule is CC(C)(C)NSc1ccccc1-c1ccc(-c2cnc3[nH]cc(CO)c3c2)c(F)c1. The number of hydrogen-bond acceptors (Lipinski definition) is 4. The van der Waals surface area contributed by atoms with E-state index in [2.05, 4.69) is 35.5 Å². The maximum atomic E-state index is 15.1. The summed E-state index contributed by atoms with van der Waals surface area (Å²) in [6, 6.07) is 15.1. The van der Waals surface area contributed by atoms with Crippen LogP contribution < -0.4 is 4.72 Å². The molecule has 2 aromatic carbocycles. The summed E-state index contributed by atoms with van der Waals surface area (Å²) in [7, 11) is 0. The number of H-pyrrole nitrogens is 1. The van der Waals surface area contributed by atoms with Gasteiger partial charge in [0.05, 0.1) is 6.61 Å². The highest BCUT2D eigenvalue weighted by Gasteiger charge is 2.14. The van der Waals surface area contributed by atoms with Gasteiger partial charge in [0.1, 0.15) is 11.5 Å². The van der Waals surface area contributed by atoms with Crippen LogP contribution in [0.4, 0.5) is 4.39 Å². The Balaban J connectivity index is 1.69. The Kier molecular flexibility index (Phi) is 5.64. The Hall–Kier alpha value is -2.67. The van der Waals surface area contributed by atoms with Crippen molar-refractivity contribution in [2.24, 2.45) is 0 Å². The molecule has 0 bridgehead atoms. The zero-order valence-electron chi connectivity index (χ0n) is 17.2. The van der Waals surface area contributed by atoms with Crippen LogP contribution in [0.3, 0.4) is 0 Å². The van der Waals surface area contributed by atoms with Crippen molar-refractivity contribution in [2.45, 2.75) is 37.8 Å². The monoisotopic (exact) mass is 421 g/mol. The molecule has 2 heterocycles. The van der Waals surface area contributed by atoms with E-state index in [1.807, 2.05) is 36.4 Å². The van der Waals surface area contributed by atoms with Crippen LogP contribution in [0.1, 0.15) is 26.3 Å². The maximum Gasteiger partial charge on any atom is 0.137 e. The molecule has 0 aliphatic heterocycles. The molecule has 0 atom stereocenters. The van der Waals surface area contributed by atoms with Gasteiger partial charge in [-0.05, 0) is 62.0 Å². The van der Waals surface area contributed by atoms with E-state index in [0.717, 1.165) is 27.0 Å². The number of nitrogens with zero attached hydrogens (tertiary/aromatic N) is 1. The quantitative estimate of drug-likeness (QED) is 0.350. The molecule has 3 N–H and O–H groups in total. The fourth-order valence-corrected chi connectivity index (χ4v) is 4.11. The Morgan fingerprint density at radius 1 is 1.07 bits per heavy atom. The van der Waals surface area contributed by atoms with E-state index in [4.69, 9.17) is 0 Å². The molecule has 0 unspecified atom stereocenters. The van der Waals surface area contributed by atoms with Crippen molar-refractivity contribution >= 4 is 23.0 Å². The van der Waals surface area contributed by atoms with E-state index in [9.17, 15) is 5.11 Å². The van der Waals surface area contributed by atoms with E-state index in [-0.39, 0.29) is 18.0 Å². The van der Waals surface area contributed by atoms with Gasteiger partial charge in [0.15, 0.2) is 0 Å². The lowest BCUT2D eigenvalue weighted by Crippen LogP contribution is -2.29. The lowest BCUT2D eigenvalue weighted by Gasteiger charge is -2.20. The minimum absolute atomic E-state index is 0.0375. The normalized spacial score (nSPS) is 11.9. The fraction of sp³-hybridized carbons (Fsp3) is 0.208. The Morgan fingerprint density at radius 3 is 2.60 bits per heavy atom. The molecule has 30 heavy (non-hydrogen) atoms. The molecule has 4 nitrogen and oxygen atoms in total. The molecule has 0 aliphatic carbocycles. The number of benzene rings is 2. The zero-order chi connectivity index (χ0) is 21.3. The van der Waals surface area contributed by atoms with E-state index in [1.165, 1.54) is 0 Å². The number of halogens is 1. The van der Waals surface area contributed by atoms with E-state index in [0.29, 0.717) is 16.8 Å². The first-order chi connectivity index (χ1) is 14.4. The van der Waals surface area contributed by atoms with Crippen LogP contribution >= 0.6 is 11.9 Å². The van der Waals surface area contributed by atoms with Crippen molar-refractivity contribution in [1.29, 1.82) is 0 Å². The van der Waals surface area contributed by atoms with Gasteiger partial charge in [-0.3, -0.25) is 4.72 Å². The summed E-state index contributed by atoms with van der Waals surface area (Å²) in [4.78, 5) is 8.43. The highest BCUT2D eigenvalue weighted by Crippen LogP contribution is 2.34. The first kappa shape index (κ1) is 20.6. The van der Waals surface area contributed by atoms with E-state index in [1.54, 1.807) is 36.5 Å². The van der Waals surface area contributed by atoms with Gasteiger partial charge >= 0.3 is 0 Å². The number of nitrogens with one attached hydrogen (secondary N) is 2. The molecule has 0 saturated heterocycles. The van der Waals surface area contributed by atoms with Crippen molar-refractivity contribution < 1.29 is 9.50 Å². The topological polar surface area (TPSA) is 60.9 Å². The zero-order valence-corrected chi connectivity index (χ0v) is 18.0. The smallest absolute Gasteiger partial charge is 0.137 e. The average molecular weight is 422 g/mol. The number of aromatic amines is 1. The number of aliphatic hydroxyl groups is 1. The van der Waals surface area contributed by atoms with Crippen molar-refractivity contribution in [2.75, 3.05) is 0 Å². The van der Waals surface area contributed by atoms with Crippen LogP contribution in [0.15, 0.2) is 65.8 Å². The van der Waals surface area contributed by atoms with Gasteiger partial charge in [0, 0.05) is 44.9 Å². The van der Waals surface area contributed by atoms with Gasteiger partial charge in [-0.1, -0.05) is 30.3 Å². The van der Waals surface area contributed by atoms with Crippen molar-refractivity contribution in [3.8, 4) is 22.3 Å². The van der Waals surface area contributed by atoms with Crippen LogP contribution in [0.2, 0.25) is 0 Å². The second kappa shape index (κ2) is 8.22. The van der Waals surface area contributed by atoms with Crippen LogP contribution in [0, 0.1) is 5.82 Å². The minimum atomic E-state index is -0.307. The number of fused-ring (bicyclic) bond motifs is 1. The van der Waals surface area contributed by atoms with Gasteiger partial charge in [0.25, 0.3) is 0 Å². The van der Waals surface area contributed by atoms with Crippen molar-refractivity contribution in [1.82, 2.24) is 14.7 Å². The van der Waals surface area contributed by atoms with Gasteiger partial charge in [-0.15, -0.1) is 0 Å². The number of aliphatic hydroxyl groups excluding tert-OH is 1. The largest absolute Gasteiger partial charge is 0.392 e. The predicted octanol–water partition coefficient (Wildman–Crippen LogP) is 5.92. The second-order valence-electron chi connectivity index (χ2n) is 8.24. The highest BCUT2D eigenvalue weighted by molar-refractivity contribution is 7.97. The fourth-order valence-electron chi connectivity index (χ4n) is 3.25. The van der Waals surface area contributed by atoms with E-state index < -0.39 is 0 Å². The Bertz CT molecular complexity index is 1200. The van der Waals surface area contributed by atoms with E-state index >= 15 is 4.39 Å². The molecule has 0 fully saturated rings. The molecule has 0 amide bonds. The first-order valence-corrected chi connectivity index (χ1v) is 10.6. The number of aromatic nitrogens is 2. The Morgan fingerprint density at radius 2 is 1.87 bits per heavy atom. The summed E-state index contributed by atoms with van der Waals surface area (Å²) in [5.41, 5.74) is 4.35. The standard InChI is InChI=1S/C24H24FN3OS/c1-24(2,3)28-30-22-7-5-4-6-19(22)15-8-9-18(21(25)11-15)16-10-20-17(14-29)13-27-23(20)26-12-16/h4-13,28-29H,14H2,1-3H3,(H,26,27). The molecule has 0 saturated carbocycles. The van der Waals surface area contributed by atoms with Gasteiger partial charge in [-0.25, -0.2) is 9.37 Å². The van der Waals surface area contributed by atoms with Crippen molar-refractivity contribution in [3.63, 3.8) is 0 Å². The average Bonchev–Trinajstić information content (AvgIpc) is 3.14. The third kappa shape index (κ3) is 4.26. The molecular formula is C24H24FN3OS. The van der Waals surface area contributed by atoms with Crippen LogP contribution in [-0.4, -0.2) is 20.6 Å². The van der Waals surface area contributed by atoms with Crippen LogP contribution in [-0.2, 0) is 6.61 Å². The molecule has 6 heteroatoms. The molecule has 4 rings (SSSR count). The highest BCUT2D eigenvalue weighted by atomic mass is 32.2. The predicted molar refractivity (Wildman–Crippen MR) is 122 cm³/mol. The minimum Gasteiger partial charge on any atom is -0.392 e. The van der Waals surface area contributed by atoms with Gasteiger partial charge in [0.2, 0.25) is 0 Å². The summed E-state index contributed by atoms with van der Waals surface area (Å²) in [5.74, 6) is -0.307. The molecule has 0 aliphatic rings. The molecule has 154 valence electrons. The summed E-state index contributed by atoms with van der Waals surface area (Å²) >= 11 is 1.55. The number of hydrogen-bond donors (Lipinski definition) is 3. The van der Waals surface area contributed by atoms with Gasteiger partial charge < -0.3 is 10.1 Å². The third-order valence-corrected chi connectivity index (χ3v) is 6.02. The summed E-state index contributed by atoms with van der Waals surface area (Å²) in [6.07, 6.45) is 3.37. The summed E-state index contributed by atoms with van der Waals surface area (Å²) < 4.78 is 18.5. The van der Waals surface area contributed by atoms with Crippen molar-refractivity contribution in [3.05, 3.63) is 72.3 Å². The molecule has 0 spiro atoms.